The van der Waals surface area contributed by atoms with Crippen molar-refractivity contribution < 1.29 is 53.4 Å². The number of pyridine rings is 2. The van der Waals surface area contributed by atoms with Gasteiger partial charge in [0.15, 0.2) is 17.7 Å². The number of likely N-dealkylation sites (N-methyl/N-ethyl adjacent to an activating group) is 1. The first-order valence-electron chi connectivity index (χ1n) is 20.5. The van der Waals surface area contributed by atoms with Crippen molar-refractivity contribution >= 4 is 34.7 Å². The number of aromatic hydroxyl groups is 1. The highest BCUT2D eigenvalue weighted by molar-refractivity contribution is 6.00. The van der Waals surface area contributed by atoms with E-state index in [1.807, 2.05) is 36.9 Å². The van der Waals surface area contributed by atoms with E-state index in [9.17, 15) is 34.5 Å². The molecule has 6 rings (SSSR count). The summed E-state index contributed by atoms with van der Waals surface area (Å²) in [5.74, 6) is -5.73. The van der Waals surface area contributed by atoms with Crippen molar-refractivity contribution in [3.8, 4) is 5.75 Å². The minimum Gasteiger partial charge on any atom is -0.506 e. The number of likely N-dealkylation sites (tertiary alicyclic amines) is 1. The predicted octanol–water partition coefficient (Wildman–Crippen LogP) is 3.07. The molecule has 2 aromatic rings. The maximum atomic E-state index is 14.7. The van der Waals surface area contributed by atoms with Gasteiger partial charge in [-0.15, -0.1) is 0 Å². The summed E-state index contributed by atoms with van der Waals surface area (Å²) in [4.78, 5) is 71.0. The molecule has 3 N–H and O–H groups in total. The summed E-state index contributed by atoms with van der Waals surface area (Å²) >= 11 is 0. The highest BCUT2D eigenvalue weighted by Crippen LogP contribution is 2.44. The van der Waals surface area contributed by atoms with Crippen LogP contribution in [0, 0.1) is 23.7 Å². The number of hydrogen-bond donors (Lipinski definition) is 3. The van der Waals surface area contributed by atoms with Crippen molar-refractivity contribution in [2.75, 3.05) is 27.2 Å². The minimum atomic E-state index is -1.84. The van der Waals surface area contributed by atoms with Crippen molar-refractivity contribution in [2.24, 2.45) is 23.7 Å². The lowest BCUT2D eigenvalue weighted by atomic mass is 9.73. The lowest BCUT2D eigenvalue weighted by Crippen LogP contribution is -2.65. The van der Waals surface area contributed by atoms with Gasteiger partial charge in [0.2, 0.25) is 0 Å². The molecular weight excluding hydrogens is 750 g/mol. The van der Waals surface area contributed by atoms with E-state index >= 15 is 0 Å². The van der Waals surface area contributed by atoms with Gasteiger partial charge in [0.05, 0.1) is 47.1 Å². The topological polar surface area (TPSA) is 201 Å². The molecule has 320 valence electrons. The van der Waals surface area contributed by atoms with E-state index < -0.39 is 89.4 Å². The second-order valence-electron chi connectivity index (χ2n) is 17.8. The van der Waals surface area contributed by atoms with E-state index in [0.29, 0.717) is 42.7 Å². The number of aliphatic hydroxyl groups excluding tert-OH is 1. The number of hydrogen-bond acceptors (Lipinski definition) is 15. The number of Topliss-reactive ketones (excluding diaryl/α,β-unsaturated/α-hetero) is 2. The molecule has 0 radical (unpaired) electrons. The van der Waals surface area contributed by atoms with Gasteiger partial charge in [-0.25, -0.2) is 4.79 Å². The van der Waals surface area contributed by atoms with Crippen LogP contribution in [0.4, 0.5) is 4.79 Å². The van der Waals surface area contributed by atoms with Crippen molar-refractivity contribution in [1.82, 2.24) is 24.7 Å². The van der Waals surface area contributed by atoms with Crippen LogP contribution in [0.5, 0.6) is 5.75 Å². The van der Waals surface area contributed by atoms with Crippen molar-refractivity contribution in [1.29, 1.82) is 0 Å². The monoisotopic (exact) mass is 811 g/mol. The van der Waals surface area contributed by atoms with Crippen molar-refractivity contribution in [3.63, 3.8) is 0 Å². The zero-order chi connectivity index (χ0) is 42.6. The zero-order valence-electron chi connectivity index (χ0n) is 35.3. The van der Waals surface area contributed by atoms with E-state index in [0.717, 1.165) is 0 Å². The molecule has 0 spiro atoms. The van der Waals surface area contributed by atoms with Crippen molar-refractivity contribution in [2.45, 2.75) is 141 Å². The van der Waals surface area contributed by atoms with Crippen LogP contribution in [0.2, 0.25) is 0 Å². The Morgan fingerprint density at radius 3 is 2.36 bits per heavy atom. The standard InChI is InChI=1S/C42H61N5O11/c1-11-31-42(8)36(47(40(53)58-42)26-18-46(19-26)20-27-30(48)17-44-28-13-12-14-43-32(27)28)23(4)33(49)21(2)16-41(7,54)37(24(5)34(50)25(6)38(52)56-31)57-39-35(51)29(45(9)10)15-22(3)55-39/h12-14,17,21-26,29,31,35-37,39,48,51,54H,11,15-16,18-20H2,1-10H3/t21-,22-,23+,24+,25-,29+,31-,35-,36-,37-,39+,41-,42-/m1/s1. The molecule has 0 bridgehead atoms. The second kappa shape index (κ2) is 16.7. The second-order valence-corrected chi connectivity index (χ2v) is 17.8. The smallest absolute Gasteiger partial charge is 0.411 e. The van der Waals surface area contributed by atoms with Gasteiger partial charge in [-0.05, 0) is 73.2 Å². The number of carbonyl (C=O) groups is 4. The number of carbonyl (C=O) groups excluding carboxylic acids is 4. The number of aromatic nitrogens is 2. The van der Waals surface area contributed by atoms with E-state index in [2.05, 4.69) is 9.97 Å². The molecule has 16 heteroatoms. The third-order valence-electron chi connectivity index (χ3n) is 13.1. The molecule has 4 aliphatic heterocycles. The molecular formula is C42H61N5O11. The first kappa shape index (κ1) is 43.8. The largest absolute Gasteiger partial charge is 0.506 e. The fourth-order valence-corrected chi connectivity index (χ4v) is 9.90. The summed E-state index contributed by atoms with van der Waals surface area (Å²) in [6, 6.07) is 1.97. The normalized spacial score (nSPS) is 38.6. The van der Waals surface area contributed by atoms with Crippen LogP contribution in [-0.4, -0.2) is 151 Å². The lowest BCUT2D eigenvalue weighted by Gasteiger charge is -2.48. The molecule has 58 heavy (non-hydrogen) atoms. The Bertz CT molecular complexity index is 1870. The van der Waals surface area contributed by atoms with E-state index in [1.165, 1.54) is 20.0 Å². The maximum Gasteiger partial charge on any atom is 0.411 e. The molecule has 1 amide bonds. The molecule has 0 aliphatic carbocycles. The van der Waals surface area contributed by atoms with Crippen LogP contribution in [0.3, 0.4) is 0 Å². The molecule has 0 unspecified atom stereocenters. The Balaban J connectivity index is 1.31. The zero-order valence-corrected chi connectivity index (χ0v) is 35.3. The van der Waals surface area contributed by atoms with Gasteiger partial charge in [-0.3, -0.25) is 34.2 Å². The van der Waals surface area contributed by atoms with Gasteiger partial charge in [0.1, 0.15) is 29.7 Å². The average Bonchev–Trinajstić information content (AvgIpc) is 3.42. The molecule has 2 aromatic heterocycles. The molecule has 4 saturated heterocycles. The van der Waals surface area contributed by atoms with E-state index in [1.54, 1.807) is 51.8 Å². The Kier molecular flexibility index (Phi) is 12.6. The Morgan fingerprint density at radius 1 is 1.02 bits per heavy atom. The van der Waals surface area contributed by atoms with E-state index in [4.69, 9.17) is 18.9 Å². The van der Waals surface area contributed by atoms with Gasteiger partial charge in [-0.2, -0.15) is 0 Å². The Labute approximate surface area is 340 Å². The molecule has 16 nitrogen and oxygen atoms in total. The molecule has 4 fully saturated rings. The summed E-state index contributed by atoms with van der Waals surface area (Å²) in [5, 5.41) is 34.4. The fraction of sp³-hybridized carbons (Fsp3) is 0.714. The number of aliphatic hydroxyl groups is 2. The quantitative estimate of drug-likeness (QED) is 0.272. The predicted molar refractivity (Wildman–Crippen MR) is 210 cm³/mol. The Hall–Kier alpha value is -3.80. The average molecular weight is 812 g/mol. The third-order valence-corrected chi connectivity index (χ3v) is 13.1. The highest BCUT2D eigenvalue weighted by Gasteiger charge is 2.62. The molecule has 4 aliphatic rings. The van der Waals surface area contributed by atoms with Crippen LogP contribution in [0.1, 0.15) is 80.2 Å². The first-order chi connectivity index (χ1) is 27.2. The molecule has 6 heterocycles. The van der Waals surface area contributed by atoms with Gasteiger partial charge in [0.25, 0.3) is 0 Å². The minimum absolute atomic E-state index is 0.00930. The summed E-state index contributed by atoms with van der Waals surface area (Å²) < 4.78 is 24.7. The van der Waals surface area contributed by atoms with Crippen molar-refractivity contribution in [3.05, 3.63) is 30.1 Å². The number of esters is 1. The third kappa shape index (κ3) is 8.07. The van der Waals surface area contributed by atoms with E-state index in [-0.39, 0.29) is 36.5 Å². The van der Waals surface area contributed by atoms with Crippen LogP contribution in [0.25, 0.3) is 11.0 Å². The number of amides is 1. The summed E-state index contributed by atoms with van der Waals surface area (Å²) in [6.45, 7) is 14.3. The highest BCUT2D eigenvalue weighted by atomic mass is 16.7. The Morgan fingerprint density at radius 2 is 1.71 bits per heavy atom. The number of cyclic esters (lactones) is 1. The number of ketones is 2. The molecule has 13 atom stereocenters. The van der Waals surface area contributed by atoms with Gasteiger partial charge < -0.3 is 39.2 Å². The maximum absolute atomic E-state index is 14.7. The van der Waals surface area contributed by atoms with Gasteiger partial charge >= 0.3 is 12.1 Å². The SMILES string of the molecule is CC[C@H]1OC(=O)[C@H](C)C(=O)[C@H](C)[C@@H](O[C@@H]2O[C@H](C)C[C@H](N(C)C)[C@H]2O)[C@](C)(O)C[C@@H](C)C(=O)[C@H](C)[C@H]2N(C3CN(Cc4c(O)cnc5cccnc45)C3)C(=O)O[C@]12C. The summed E-state index contributed by atoms with van der Waals surface area (Å²) in [7, 11) is 3.67. The fourth-order valence-electron chi connectivity index (χ4n) is 9.90. The summed E-state index contributed by atoms with van der Waals surface area (Å²) in [5.41, 5.74) is -1.50. The van der Waals surface area contributed by atoms with Crippen LogP contribution >= 0.6 is 0 Å². The van der Waals surface area contributed by atoms with Crippen LogP contribution in [-0.2, 0) is 39.9 Å². The van der Waals surface area contributed by atoms with Gasteiger partial charge in [-0.1, -0.05) is 27.7 Å². The lowest BCUT2D eigenvalue weighted by molar-refractivity contribution is -0.293. The number of ether oxygens (including phenoxy) is 4. The van der Waals surface area contributed by atoms with Gasteiger partial charge in [0, 0.05) is 55.2 Å². The number of rotatable bonds is 7. The number of fused-ring (bicyclic) bond motifs is 2. The molecule has 0 saturated carbocycles. The molecule has 0 aromatic carbocycles. The van der Waals surface area contributed by atoms with Crippen LogP contribution < -0.4 is 0 Å². The first-order valence-corrected chi connectivity index (χ1v) is 20.5. The van der Waals surface area contributed by atoms with Crippen LogP contribution in [0.15, 0.2) is 24.5 Å². The summed E-state index contributed by atoms with van der Waals surface area (Å²) in [6.07, 6.45) is -2.00. The number of nitrogens with zero attached hydrogens (tertiary/aromatic N) is 5.